The molecule has 0 spiro atoms. The fraction of sp³-hybridized carbons (Fsp3) is 0.333. The Labute approximate surface area is 106 Å². The molecule has 0 aliphatic carbocycles. The maximum absolute atomic E-state index is 5.76. The van der Waals surface area contributed by atoms with Crippen LogP contribution in [0.3, 0.4) is 0 Å². The van der Waals surface area contributed by atoms with Crippen LogP contribution in [0.25, 0.3) is 0 Å². The Morgan fingerprint density at radius 2 is 2.11 bits per heavy atom. The highest BCUT2D eigenvalue weighted by Gasteiger charge is 2.05. The van der Waals surface area contributed by atoms with Crippen LogP contribution in [0, 0.1) is 0 Å². The number of nitrogens with zero attached hydrogens (tertiary/aromatic N) is 3. The van der Waals surface area contributed by atoms with Gasteiger partial charge in [-0.15, -0.1) is 0 Å². The Bertz CT molecular complexity index is 523. The van der Waals surface area contributed by atoms with Crippen LogP contribution in [0.4, 0.5) is 17.3 Å². The minimum absolute atomic E-state index is 0.442. The van der Waals surface area contributed by atoms with Gasteiger partial charge in [0, 0.05) is 18.8 Å². The summed E-state index contributed by atoms with van der Waals surface area (Å²) in [6.45, 7) is 5.29. The first-order chi connectivity index (χ1) is 8.72. The van der Waals surface area contributed by atoms with Crippen molar-refractivity contribution < 1.29 is 4.74 Å². The van der Waals surface area contributed by atoms with Gasteiger partial charge in [0.25, 0.3) is 0 Å². The smallest absolute Gasteiger partial charge is 0.239 e. The van der Waals surface area contributed by atoms with Crippen LogP contribution in [-0.4, -0.2) is 21.4 Å². The molecule has 0 unspecified atom stereocenters. The van der Waals surface area contributed by atoms with Gasteiger partial charge in [-0.05, 0) is 26.0 Å². The molecule has 6 heteroatoms. The summed E-state index contributed by atoms with van der Waals surface area (Å²) < 4.78 is 7.18. The fourth-order valence-corrected chi connectivity index (χ4v) is 1.51. The molecule has 0 aliphatic heterocycles. The molecule has 0 bridgehead atoms. The lowest BCUT2D eigenvalue weighted by Crippen LogP contribution is -2.02. The van der Waals surface area contributed by atoms with E-state index in [-0.39, 0.29) is 0 Å². The van der Waals surface area contributed by atoms with Gasteiger partial charge in [-0.2, -0.15) is 10.1 Å². The lowest BCUT2D eigenvalue weighted by molar-refractivity contribution is 0.329. The van der Waals surface area contributed by atoms with Gasteiger partial charge in [0.1, 0.15) is 5.82 Å². The number of hydrogen-bond donors (Lipinski definition) is 2. The zero-order chi connectivity index (χ0) is 13.0. The third-order valence-electron chi connectivity index (χ3n) is 2.39. The van der Waals surface area contributed by atoms with E-state index in [4.69, 9.17) is 10.5 Å². The van der Waals surface area contributed by atoms with Crippen molar-refractivity contribution in [3.8, 4) is 5.88 Å². The van der Waals surface area contributed by atoms with Crippen LogP contribution in [0.5, 0.6) is 5.88 Å². The SMILES string of the molecule is CCOc1nc(Nc2ccn(CC)n2)ccc1N. The Hall–Kier alpha value is -2.24. The standard InChI is InChI=1S/C12H17N5O/c1-3-17-8-7-11(16-17)14-10-6-5-9(13)12(15-10)18-4-2/h5-8H,3-4,13H2,1-2H3,(H,14,15,16). The second-order valence-electron chi connectivity index (χ2n) is 3.71. The van der Waals surface area contributed by atoms with E-state index in [9.17, 15) is 0 Å². The highest BCUT2D eigenvalue weighted by Crippen LogP contribution is 2.22. The van der Waals surface area contributed by atoms with Crippen LogP contribution in [-0.2, 0) is 6.54 Å². The summed E-state index contributed by atoms with van der Waals surface area (Å²) >= 11 is 0. The Kier molecular flexibility index (Phi) is 3.66. The first-order valence-corrected chi connectivity index (χ1v) is 5.92. The number of anilines is 3. The topological polar surface area (TPSA) is 78.0 Å². The molecule has 3 N–H and O–H groups in total. The van der Waals surface area contributed by atoms with Gasteiger partial charge >= 0.3 is 0 Å². The first kappa shape index (κ1) is 12.2. The molecule has 0 amide bonds. The molecule has 2 heterocycles. The average Bonchev–Trinajstić information content (AvgIpc) is 2.81. The molecule has 18 heavy (non-hydrogen) atoms. The summed E-state index contributed by atoms with van der Waals surface area (Å²) in [6, 6.07) is 5.45. The molecule has 2 aromatic rings. The summed E-state index contributed by atoms with van der Waals surface area (Å²) in [5.41, 5.74) is 6.29. The molecule has 96 valence electrons. The van der Waals surface area contributed by atoms with Crippen LogP contribution >= 0.6 is 0 Å². The van der Waals surface area contributed by atoms with E-state index in [1.54, 1.807) is 12.1 Å². The molecule has 0 saturated heterocycles. The number of ether oxygens (including phenoxy) is 1. The van der Waals surface area contributed by atoms with Gasteiger partial charge in [0.15, 0.2) is 5.82 Å². The summed E-state index contributed by atoms with van der Waals surface area (Å²) in [7, 11) is 0. The van der Waals surface area contributed by atoms with Gasteiger partial charge < -0.3 is 15.8 Å². The molecule has 2 aromatic heterocycles. The largest absolute Gasteiger partial charge is 0.476 e. The van der Waals surface area contributed by atoms with Crippen LogP contribution in [0.1, 0.15) is 13.8 Å². The second-order valence-corrected chi connectivity index (χ2v) is 3.71. The Balaban J connectivity index is 2.15. The number of rotatable bonds is 5. The lowest BCUT2D eigenvalue weighted by Gasteiger charge is -2.08. The second kappa shape index (κ2) is 5.39. The maximum atomic E-state index is 5.76. The molecule has 0 aliphatic rings. The minimum atomic E-state index is 0.442. The average molecular weight is 247 g/mol. The highest BCUT2D eigenvalue weighted by atomic mass is 16.5. The van der Waals surface area contributed by atoms with Crippen molar-refractivity contribution in [2.24, 2.45) is 0 Å². The molecular weight excluding hydrogens is 230 g/mol. The third-order valence-corrected chi connectivity index (χ3v) is 2.39. The number of nitrogens with two attached hydrogens (primary N) is 1. The lowest BCUT2D eigenvalue weighted by atomic mass is 10.4. The van der Waals surface area contributed by atoms with E-state index in [2.05, 4.69) is 15.4 Å². The van der Waals surface area contributed by atoms with Crippen molar-refractivity contribution in [2.75, 3.05) is 17.7 Å². The maximum Gasteiger partial charge on any atom is 0.239 e. The zero-order valence-corrected chi connectivity index (χ0v) is 10.6. The molecule has 0 saturated carbocycles. The number of aryl methyl sites for hydroxylation is 1. The molecular formula is C12H17N5O. The minimum Gasteiger partial charge on any atom is -0.476 e. The first-order valence-electron chi connectivity index (χ1n) is 5.92. The van der Waals surface area contributed by atoms with Crippen LogP contribution in [0.15, 0.2) is 24.4 Å². The van der Waals surface area contributed by atoms with Crippen molar-refractivity contribution in [3.63, 3.8) is 0 Å². The molecule has 0 fully saturated rings. The van der Waals surface area contributed by atoms with Gasteiger partial charge in [0.05, 0.1) is 12.3 Å². The monoisotopic (exact) mass is 247 g/mol. The molecule has 0 radical (unpaired) electrons. The van der Waals surface area contributed by atoms with Crippen LogP contribution in [0.2, 0.25) is 0 Å². The van der Waals surface area contributed by atoms with E-state index in [0.29, 0.717) is 24.0 Å². The number of hydrogen-bond acceptors (Lipinski definition) is 5. The summed E-state index contributed by atoms with van der Waals surface area (Å²) in [5, 5.41) is 7.42. The number of nitrogens with one attached hydrogen (secondary N) is 1. The Morgan fingerprint density at radius 1 is 1.28 bits per heavy atom. The third kappa shape index (κ3) is 2.71. The predicted molar refractivity (Wildman–Crippen MR) is 71.0 cm³/mol. The van der Waals surface area contributed by atoms with Crippen molar-refractivity contribution >= 4 is 17.3 Å². The van der Waals surface area contributed by atoms with Gasteiger partial charge in [-0.3, -0.25) is 4.68 Å². The van der Waals surface area contributed by atoms with Gasteiger partial charge in [-0.1, -0.05) is 0 Å². The summed E-state index contributed by atoms with van der Waals surface area (Å²) in [6.07, 6.45) is 1.91. The van der Waals surface area contributed by atoms with Crippen LogP contribution < -0.4 is 15.8 Å². The highest BCUT2D eigenvalue weighted by molar-refractivity contribution is 5.58. The predicted octanol–water partition coefficient (Wildman–Crippen LogP) is 2.02. The number of aromatic nitrogens is 3. The zero-order valence-electron chi connectivity index (χ0n) is 10.6. The fourth-order valence-electron chi connectivity index (χ4n) is 1.51. The van der Waals surface area contributed by atoms with E-state index in [1.807, 2.05) is 30.8 Å². The van der Waals surface area contributed by atoms with Gasteiger partial charge in [0.2, 0.25) is 5.88 Å². The summed E-state index contributed by atoms with van der Waals surface area (Å²) in [5.74, 6) is 1.85. The van der Waals surface area contributed by atoms with Crippen molar-refractivity contribution in [2.45, 2.75) is 20.4 Å². The van der Waals surface area contributed by atoms with E-state index >= 15 is 0 Å². The molecule has 6 nitrogen and oxygen atoms in total. The van der Waals surface area contributed by atoms with E-state index in [0.717, 1.165) is 12.4 Å². The number of nitrogen functional groups attached to an aromatic ring is 1. The molecule has 0 aromatic carbocycles. The quantitative estimate of drug-likeness (QED) is 0.845. The van der Waals surface area contributed by atoms with Crippen molar-refractivity contribution in [3.05, 3.63) is 24.4 Å². The van der Waals surface area contributed by atoms with E-state index in [1.165, 1.54) is 0 Å². The normalized spacial score (nSPS) is 10.3. The number of pyridine rings is 1. The molecule has 0 atom stereocenters. The Morgan fingerprint density at radius 3 is 2.78 bits per heavy atom. The van der Waals surface area contributed by atoms with E-state index < -0.39 is 0 Å². The summed E-state index contributed by atoms with van der Waals surface area (Å²) in [4.78, 5) is 4.28. The molecule has 2 rings (SSSR count). The van der Waals surface area contributed by atoms with Crippen molar-refractivity contribution in [1.29, 1.82) is 0 Å². The van der Waals surface area contributed by atoms with Gasteiger partial charge in [-0.25, -0.2) is 0 Å². The van der Waals surface area contributed by atoms with Crippen molar-refractivity contribution in [1.82, 2.24) is 14.8 Å².